The van der Waals surface area contributed by atoms with Crippen LogP contribution < -0.4 is 9.80 Å². The Morgan fingerprint density at radius 1 is 0.968 bits per heavy atom. The molecular weight excluding hydrogens is 418 g/mol. The highest BCUT2D eigenvalue weighted by atomic mass is 32.2. The predicted molar refractivity (Wildman–Crippen MR) is 117 cm³/mol. The molecular formula is C21H27N5O4S. The van der Waals surface area contributed by atoms with Gasteiger partial charge in [-0.15, -0.1) is 0 Å². The lowest BCUT2D eigenvalue weighted by Crippen LogP contribution is -2.49. The molecule has 1 aromatic carbocycles. The second-order valence-corrected chi connectivity index (χ2v) is 9.68. The van der Waals surface area contributed by atoms with E-state index >= 15 is 0 Å². The highest BCUT2D eigenvalue weighted by Gasteiger charge is 2.30. The molecule has 9 nitrogen and oxygen atoms in total. The Balaban J connectivity index is 1.48. The number of anilines is 2. The first-order valence-corrected chi connectivity index (χ1v) is 11.8. The van der Waals surface area contributed by atoms with Crippen molar-refractivity contribution in [2.24, 2.45) is 0 Å². The number of carbonyl (C=O) groups is 1. The zero-order valence-corrected chi connectivity index (χ0v) is 18.6. The molecule has 0 N–H and O–H groups in total. The minimum absolute atomic E-state index is 0.148. The van der Waals surface area contributed by atoms with E-state index in [0.29, 0.717) is 50.9 Å². The van der Waals surface area contributed by atoms with Crippen molar-refractivity contribution in [3.05, 3.63) is 41.6 Å². The van der Waals surface area contributed by atoms with E-state index < -0.39 is 10.0 Å². The molecule has 0 atom stereocenters. The van der Waals surface area contributed by atoms with Gasteiger partial charge in [0.15, 0.2) is 5.78 Å². The smallest absolute Gasteiger partial charge is 0.243 e. The highest BCUT2D eigenvalue weighted by Crippen LogP contribution is 2.23. The molecule has 1 aromatic heterocycles. The molecule has 2 aromatic rings. The van der Waals surface area contributed by atoms with Crippen LogP contribution in [-0.4, -0.2) is 81.0 Å². The van der Waals surface area contributed by atoms with Gasteiger partial charge in [0.05, 0.1) is 18.1 Å². The molecule has 0 unspecified atom stereocenters. The third-order valence-corrected chi connectivity index (χ3v) is 7.46. The van der Waals surface area contributed by atoms with Crippen LogP contribution in [0, 0.1) is 6.92 Å². The van der Waals surface area contributed by atoms with Gasteiger partial charge in [0.2, 0.25) is 16.0 Å². The van der Waals surface area contributed by atoms with E-state index in [1.165, 1.54) is 23.4 Å². The van der Waals surface area contributed by atoms with E-state index in [9.17, 15) is 13.2 Å². The number of sulfonamides is 1. The van der Waals surface area contributed by atoms with Crippen LogP contribution in [0.1, 0.15) is 23.0 Å². The first-order valence-electron chi connectivity index (χ1n) is 10.4. The summed E-state index contributed by atoms with van der Waals surface area (Å²) in [5.74, 6) is 1.34. The van der Waals surface area contributed by atoms with E-state index in [1.54, 1.807) is 12.1 Å². The molecule has 31 heavy (non-hydrogen) atoms. The van der Waals surface area contributed by atoms with Crippen LogP contribution in [0.3, 0.4) is 0 Å². The van der Waals surface area contributed by atoms with Crippen molar-refractivity contribution < 1.29 is 17.9 Å². The summed E-state index contributed by atoms with van der Waals surface area (Å²) in [6, 6.07) is 8.18. The van der Waals surface area contributed by atoms with Crippen LogP contribution in [0.2, 0.25) is 0 Å². The third kappa shape index (κ3) is 4.70. The second kappa shape index (κ2) is 8.89. The molecule has 0 radical (unpaired) electrons. The normalized spacial score (nSPS) is 18.3. The summed E-state index contributed by atoms with van der Waals surface area (Å²) in [6.45, 7) is 7.97. The summed E-state index contributed by atoms with van der Waals surface area (Å²) in [5.41, 5.74) is 1.27. The Hall–Kier alpha value is -2.56. The highest BCUT2D eigenvalue weighted by molar-refractivity contribution is 7.89. The van der Waals surface area contributed by atoms with Crippen molar-refractivity contribution in [3.63, 3.8) is 0 Å². The largest absolute Gasteiger partial charge is 0.378 e. The van der Waals surface area contributed by atoms with Gasteiger partial charge >= 0.3 is 0 Å². The van der Waals surface area contributed by atoms with Crippen LogP contribution in [0.15, 0.2) is 35.2 Å². The summed E-state index contributed by atoms with van der Waals surface area (Å²) in [4.78, 5) is 25.3. The maximum atomic E-state index is 13.1. The number of aryl methyl sites for hydroxylation is 1. The summed E-state index contributed by atoms with van der Waals surface area (Å²) in [6.07, 6.45) is 0. The Labute approximate surface area is 182 Å². The van der Waals surface area contributed by atoms with Crippen LogP contribution in [-0.2, 0) is 14.8 Å². The molecule has 2 aliphatic rings. The number of benzene rings is 1. The number of carbonyl (C=O) groups excluding carboxylic acids is 1. The van der Waals surface area contributed by atoms with Gasteiger partial charge in [-0.1, -0.05) is 12.1 Å². The molecule has 2 aliphatic heterocycles. The van der Waals surface area contributed by atoms with Gasteiger partial charge in [-0.05, 0) is 26.0 Å². The Bertz CT molecular complexity index is 1060. The minimum Gasteiger partial charge on any atom is -0.378 e. The predicted octanol–water partition coefficient (Wildman–Crippen LogP) is 1.34. The lowest BCUT2D eigenvalue weighted by Gasteiger charge is -2.35. The van der Waals surface area contributed by atoms with Gasteiger partial charge in [-0.25, -0.2) is 13.4 Å². The zero-order valence-electron chi connectivity index (χ0n) is 17.8. The Morgan fingerprint density at radius 3 is 2.35 bits per heavy atom. The average molecular weight is 446 g/mol. The van der Waals surface area contributed by atoms with Crippen molar-refractivity contribution >= 4 is 27.6 Å². The van der Waals surface area contributed by atoms with E-state index in [2.05, 4.69) is 9.88 Å². The van der Waals surface area contributed by atoms with Crippen LogP contribution in [0.4, 0.5) is 11.8 Å². The third-order valence-electron chi connectivity index (χ3n) is 5.56. The average Bonchev–Trinajstić information content (AvgIpc) is 2.79. The molecule has 2 fully saturated rings. The Morgan fingerprint density at radius 2 is 1.68 bits per heavy atom. The first-order chi connectivity index (χ1) is 14.8. The number of ether oxygens (including phenoxy) is 1. The van der Waals surface area contributed by atoms with Crippen molar-refractivity contribution in [3.8, 4) is 0 Å². The molecule has 10 heteroatoms. The fourth-order valence-corrected chi connectivity index (χ4v) is 5.25. The number of morpholine rings is 1. The molecule has 166 valence electrons. The molecule has 3 heterocycles. The SMILES string of the molecule is CC(=O)c1cccc(S(=O)(=O)N2CCN(c3nc(C)cc(N4CCOCC4)n3)CC2)c1. The lowest BCUT2D eigenvalue weighted by atomic mass is 10.2. The minimum atomic E-state index is -3.67. The quantitative estimate of drug-likeness (QED) is 0.636. The molecule has 0 spiro atoms. The number of nitrogens with zero attached hydrogens (tertiary/aromatic N) is 5. The summed E-state index contributed by atoms with van der Waals surface area (Å²) in [7, 11) is -3.67. The molecule has 2 saturated heterocycles. The van der Waals surface area contributed by atoms with Gasteiger partial charge in [0.1, 0.15) is 5.82 Å². The number of ketones is 1. The number of Topliss-reactive ketones (excluding diaryl/α,β-unsaturated/α-hetero) is 1. The number of aromatic nitrogens is 2. The monoisotopic (exact) mass is 445 g/mol. The molecule has 4 rings (SSSR count). The van der Waals surface area contributed by atoms with Crippen molar-refractivity contribution in [1.29, 1.82) is 0 Å². The van der Waals surface area contributed by atoms with Crippen molar-refractivity contribution in [2.45, 2.75) is 18.7 Å². The van der Waals surface area contributed by atoms with E-state index in [0.717, 1.165) is 24.6 Å². The van der Waals surface area contributed by atoms with Gasteiger partial charge in [0.25, 0.3) is 0 Å². The van der Waals surface area contributed by atoms with Gasteiger partial charge in [0, 0.05) is 56.6 Å². The number of rotatable bonds is 5. The fourth-order valence-electron chi connectivity index (χ4n) is 3.79. The van der Waals surface area contributed by atoms with Gasteiger partial charge in [-0.2, -0.15) is 9.29 Å². The van der Waals surface area contributed by atoms with Crippen LogP contribution in [0.25, 0.3) is 0 Å². The van der Waals surface area contributed by atoms with Gasteiger partial charge in [-0.3, -0.25) is 4.79 Å². The molecule has 0 aliphatic carbocycles. The van der Waals surface area contributed by atoms with Crippen molar-refractivity contribution in [2.75, 3.05) is 62.3 Å². The van der Waals surface area contributed by atoms with Crippen LogP contribution >= 0.6 is 0 Å². The number of piperazine rings is 1. The van der Waals surface area contributed by atoms with E-state index in [1.807, 2.05) is 17.9 Å². The standard InChI is InChI=1S/C21H27N5O4S/c1-16-14-20(24-10-12-30-13-11-24)23-21(22-16)25-6-8-26(9-7-25)31(28,29)19-5-3-4-18(15-19)17(2)27/h3-5,14-15H,6-13H2,1-2H3. The number of hydrogen-bond donors (Lipinski definition) is 0. The molecule has 0 amide bonds. The van der Waals surface area contributed by atoms with Crippen LogP contribution in [0.5, 0.6) is 0 Å². The fraction of sp³-hybridized carbons (Fsp3) is 0.476. The van der Waals surface area contributed by atoms with Crippen molar-refractivity contribution in [1.82, 2.24) is 14.3 Å². The topological polar surface area (TPSA) is 95.9 Å². The van der Waals surface area contributed by atoms with E-state index in [-0.39, 0.29) is 10.7 Å². The second-order valence-electron chi connectivity index (χ2n) is 7.74. The summed E-state index contributed by atoms with van der Waals surface area (Å²) in [5, 5.41) is 0. The maximum Gasteiger partial charge on any atom is 0.243 e. The number of hydrogen-bond acceptors (Lipinski definition) is 8. The summed E-state index contributed by atoms with van der Waals surface area (Å²) < 4.78 is 33.0. The lowest BCUT2D eigenvalue weighted by molar-refractivity contribution is 0.101. The molecule has 0 saturated carbocycles. The maximum absolute atomic E-state index is 13.1. The van der Waals surface area contributed by atoms with E-state index in [4.69, 9.17) is 9.72 Å². The Kier molecular flexibility index (Phi) is 6.22. The molecule has 0 bridgehead atoms. The first kappa shape index (κ1) is 21.7. The summed E-state index contributed by atoms with van der Waals surface area (Å²) >= 11 is 0. The zero-order chi connectivity index (χ0) is 22.0. The van der Waals surface area contributed by atoms with Gasteiger partial charge < -0.3 is 14.5 Å².